The third-order valence-electron chi connectivity index (χ3n) is 5.82. The van der Waals surface area contributed by atoms with Gasteiger partial charge in [-0.2, -0.15) is 0 Å². The molecule has 0 saturated carbocycles. The number of anilines is 2. The van der Waals surface area contributed by atoms with Crippen LogP contribution in [0.25, 0.3) is 10.9 Å². The molecule has 0 aliphatic carbocycles. The zero-order chi connectivity index (χ0) is 24.3. The monoisotopic (exact) mass is 473 g/mol. The van der Waals surface area contributed by atoms with Crippen molar-refractivity contribution in [1.29, 1.82) is 0 Å². The normalized spacial score (nSPS) is 14.8. The number of pyridine rings is 1. The number of hydrogen-bond donors (Lipinski definition) is 1. The van der Waals surface area contributed by atoms with Crippen molar-refractivity contribution in [3.05, 3.63) is 54.1 Å². The van der Waals surface area contributed by atoms with Gasteiger partial charge in [-0.3, -0.25) is 4.79 Å². The van der Waals surface area contributed by atoms with Crippen molar-refractivity contribution in [3.63, 3.8) is 0 Å². The van der Waals surface area contributed by atoms with E-state index in [1.54, 1.807) is 6.07 Å². The van der Waals surface area contributed by atoms with Crippen molar-refractivity contribution in [2.45, 2.75) is 33.1 Å². The van der Waals surface area contributed by atoms with Crippen LogP contribution in [0.15, 0.2) is 48.5 Å². The average Bonchev–Trinajstić information content (AvgIpc) is 2.78. The number of nitrogens with one attached hydrogen (secondary N) is 1. The fourth-order valence-electron chi connectivity index (χ4n) is 3.94. The molecule has 1 aliphatic heterocycles. The summed E-state index contributed by atoms with van der Waals surface area (Å²) in [6.07, 6.45) is -2.43. The molecule has 0 radical (unpaired) electrons. The number of halogens is 3. The minimum absolute atomic E-state index is 0.253. The van der Waals surface area contributed by atoms with E-state index in [2.05, 4.69) is 27.9 Å². The van der Waals surface area contributed by atoms with E-state index in [1.165, 1.54) is 12.1 Å². The minimum Gasteiger partial charge on any atom is -0.484 e. The summed E-state index contributed by atoms with van der Waals surface area (Å²) in [5.74, 6) is 1.23. The average molecular weight is 473 g/mol. The van der Waals surface area contributed by atoms with Gasteiger partial charge in [-0.1, -0.05) is 6.92 Å². The van der Waals surface area contributed by atoms with Gasteiger partial charge in [0.05, 0.1) is 5.52 Å². The number of aryl methyl sites for hydroxylation is 1. The Balaban J connectivity index is 1.36. The summed E-state index contributed by atoms with van der Waals surface area (Å²) in [6, 6.07) is 12.5. The zero-order valence-corrected chi connectivity index (χ0v) is 19.0. The fraction of sp³-hybridized carbons (Fsp3) is 0.360. The predicted molar refractivity (Wildman–Crippen MR) is 124 cm³/mol. The van der Waals surface area contributed by atoms with E-state index in [4.69, 9.17) is 9.72 Å². The van der Waals surface area contributed by atoms with Crippen LogP contribution in [-0.4, -0.2) is 36.9 Å². The molecule has 1 fully saturated rings. The lowest BCUT2D eigenvalue weighted by Gasteiger charge is -2.31. The van der Waals surface area contributed by atoms with Crippen LogP contribution in [0.3, 0.4) is 0 Å². The van der Waals surface area contributed by atoms with E-state index >= 15 is 0 Å². The van der Waals surface area contributed by atoms with Crippen molar-refractivity contribution in [3.8, 4) is 11.5 Å². The maximum atomic E-state index is 12.3. The van der Waals surface area contributed by atoms with Crippen molar-refractivity contribution in [2.24, 2.45) is 5.92 Å². The molecule has 0 bridgehead atoms. The number of nitrogens with zero attached hydrogens (tertiary/aromatic N) is 2. The number of alkyl halides is 3. The molecule has 1 aromatic heterocycles. The van der Waals surface area contributed by atoms with E-state index in [9.17, 15) is 18.0 Å². The number of aromatic nitrogens is 1. The molecule has 4 rings (SSSR count). The van der Waals surface area contributed by atoms with E-state index < -0.39 is 6.36 Å². The third-order valence-corrected chi connectivity index (χ3v) is 5.82. The van der Waals surface area contributed by atoms with Gasteiger partial charge in [-0.15, -0.1) is 13.2 Å². The molecule has 1 N–H and O–H groups in total. The van der Waals surface area contributed by atoms with Crippen LogP contribution in [0, 0.1) is 12.8 Å². The number of piperidine rings is 1. The third kappa shape index (κ3) is 6.09. The molecule has 2 aromatic carbocycles. The molecule has 6 nitrogen and oxygen atoms in total. The van der Waals surface area contributed by atoms with Crippen molar-refractivity contribution in [1.82, 2.24) is 4.98 Å². The molecule has 1 amide bonds. The first kappa shape index (κ1) is 23.7. The van der Waals surface area contributed by atoms with Crippen molar-refractivity contribution in [2.75, 3.05) is 29.9 Å². The van der Waals surface area contributed by atoms with Crippen LogP contribution in [-0.2, 0) is 4.79 Å². The molecule has 34 heavy (non-hydrogen) atoms. The minimum atomic E-state index is -4.76. The highest BCUT2D eigenvalue weighted by Gasteiger charge is 2.31. The first-order valence-corrected chi connectivity index (χ1v) is 11.1. The molecule has 3 aromatic rings. The van der Waals surface area contributed by atoms with E-state index in [0.29, 0.717) is 5.69 Å². The molecular formula is C25H26F3N3O3. The molecule has 1 aliphatic rings. The molecule has 180 valence electrons. The van der Waals surface area contributed by atoms with Crippen LogP contribution in [0.1, 0.15) is 25.3 Å². The van der Waals surface area contributed by atoms with E-state index in [-0.39, 0.29) is 24.0 Å². The lowest BCUT2D eigenvalue weighted by molar-refractivity contribution is -0.274. The number of fused-ring (bicyclic) bond motifs is 1. The Morgan fingerprint density at radius 3 is 2.44 bits per heavy atom. The van der Waals surface area contributed by atoms with Gasteiger partial charge in [0.15, 0.2) is 6.61 Å². The molecule has 0 atom stereocenters. The van der Waals surface area contributed by atoms with Crippen LogP contribution in [0.2, 0.25) is 0 Å². The SMILES string of the molecule is Cc1cc(N2CCC(C)CC2)nc2ccc(NC(=O)COc3ccc(OC(F)(F)F)cc3)cc12. The quantitative estimate of drug-likeness (QED) is 0.498. The van der Waals surface area contributed by atoms with Crippen LogP contribution in [0.5, 0.6) is 11.5 Å². The number of ether oxygens (including phenoxy) is 2. The number of benzene rings is 2. The molecule has 9 heteroatoms. The first-order valence-electron chi connectivity index (χ1n) is 11.1. The topological polar surface area (TPSA) is 63.7 Å². The molecule has 1 saturated heterocycles. The van der Waals surface area contributed by atoms with Gasteiger partial charge in [-0.25, -0.2) is 4.98 Å². The summed E-state index contributed by atoms with van der Waals surface area (Å²) < 4.78 is 45.9. The molecule has 0 unspecified atom stereocenters. The lowest BCUT2D eigenvalue weighted by Crippen LogP contribution is -2.33. The maximum absolute atomic E-state index is 12.3. The molecule has 0 spiro atoms. The number of amides is 1. The second kappa shape index (κ2) is 9.79. The summed E-state index contributed by atoms with van der Waals surface area (Å²) in [7, 11) is 0. The Labute approximate surface area is 195 Å². The van der Waals surface area contributed by atoms with Gasteiger partial charge >= 0.3 is 6.36 Å². The standard InChI is InChI=1S/C25H26F3N3O3/c1-16-9-11-31(12-10-16)23-13-17(2)21-14-18(3-8-22(21)30-23)29-24(32)15-33-19-4-6-20(7-5-19)34-25(26,27)28/h3-8,13-14,16H,9-12,15H2,1-2H3,(H,29,32). The number of rotatable bonds is 6. The Hall–Kier alpha value is -3.49. The Bertz CT molecular complexity index is 1160. The van der Waals surface area contributed by atoms with E-state index in [1.807, 2.05) is 19.1 Å². The Morgan fingerprint density at radius 1 is 1.09 bits per heavy atom. The second-order valence-electron chi connectivity index (χ2n) is 8.55. The van der Waals surface area contributed by atoms with Gasteiger partial charge in [0.1, 0.15) is 17.3 Å². The summed E-state index contributed by atoms with van der Waals surface area (Å²) >= 11 is 0. The van der Waals surface area contributed by atoms with Crippen LogP contribution in [0.4, 0.5) is 24.7 Å². The summed E-state index contributed by atoms with van der Waals surface area (Å²) in [5, 5.41) is 3.73. The largest absolute Gasteiger partial charge is 0.573 e. The van der Waals surface area contributed by atoms with Crippen LogP contribution < -0.4 is 19.7 Å². The van der Waals surface area contributed by atoms with E-state index in [0.717, 1.165) is 66.3 Å². The Kier molecular flexibility index (Phi) is 6.81. The highest BCUT2D eigenvalue weighted by Crippen LogP contribution is 2.28. The molecular weight excluding hydrogens is 447 g/mol. The Morgan fingerprint density at radius 2 is 1.76 bits per heavy atom. The van der Waals surface area contributed by atoms with Gasteiger partial charge in [0.2, 0.25) is 0 Å². The summed E-state index contributed by atoms with van der Waals surface area (Å²) in [5.41, 5.74) is 2.55. The smallest absolute Gasteiger partial charge is 0.484 e. The zero-order valence-electron chi connectivity index (χ0n) is 19.0. The maximum Gasteiger partial charge on any atom is 0.573 e. The van der Waals surface area contributed by atoms with Gasteiger partial charge in [-0.05, 0) is 79.8 Å². The van der Waals surface area contributed by atoms with Crippen LogP contribution >= 0.6 is 0 Å². The molecule has 2 heterocycles. The lowest BCUT2D eigenvalue weighted by atomic mass is 9.99. The summed E-state index contributed by atoms with van der Waals surface area (Å²) in [6.45, 7) is 6.03. The number of carbonyl (C=O) groups excluding carboxylic acids is 1. The van der Waals surface area contributed by atoms with Crippen molar-refractivity contribution >= 4 is 28.3 Å². The van der Waals surface area contributed by atoms with Crippen molar-refractivity contribution < 1.29 is 27.4 Å². The highest BCUT2D eigenvalue weighted by atomic mass is 19.4. The number of carbonyl (C=O) groups is 1. The van der Waals surface area contributed by atoms with Gasteiger partial charge in [0, 0.05) is 24.2 Å². The van der Waals surface area contributed by atoms with Gasteiger partial charge < -0.3 is 19.7 Å². The summed E-state index contributed by atoms with van der Waals surface area (Å²) in [4.78, 5) is 19.5. The van der Waals surface area contributed by atoms with Gasteiger partial charge in [0.25, 0.3) is 5.91 Å². The second-order valence-corrected chi connectivity index (χ2v) is 8.55. The highest BCUT2D eigenvalue weighted by molar-refractivity contribution is 5.95. The number of hydrogen-bond acceptors (Lipinski definition) is 5. The predicted octanol–water partition coefficient (Wildman–Crippen LogP) is 5.70. The fourth-order valence-corrected chi connectivity index (χ4v) is 3.94. The first-order chi connectivity index (χ1) is 16.2.